The summed E-state index contributed by atoms with van der Waals surface area (Å²) < 4.78 is 16.9. The second-order valence-corrected chi connectivity index (χ2v) is 6.76. The number of aliphatic imine (C=N–C) groups is 1. The van der Waals surface area contributed by atoms with Gasteiger partial charge in [-0.3, -0.25) is 0 Å². The van der Waals surface area contributed by atoms with Crippen molar-refractivity contribution in [2.45, 2.75) is 39.5 Å². The van der Waals surface area contributed by atoms with Crippen molar-refractivity contribution in [1.29, 1.82) is 0 Å². The van der Waals surface area contributed by atoms with Crippen molar-refractivity contribution in [3.8, 4) is 17.2 Å². The molecule has 2 aromatic carbocycles. The summed E-state index contributed by atoms with van der Waals surface area (Å²) in [6.07, 6.45) is 1.12. The lowest BCUT2D eigenvalue weighted by molar-refractivity contribution is 0.254. The molecule has 158 valence electrons. The first-order valence-corrected chi connectivity index (χ1v) is 9.65. The fourth-order valence-corrected chi connectivity index (χ4v) is 3.33. The number of rotatable bonds is 7. The Balaban J connectivity index is 0.00000300. The van der Waals surface area contributed by atoms with E-state index in [1.807, 2.05) is 37.3 Å². The summed E-state index contributed by atoms with van der Waals surface area (Å²) in [7, 11) is 3.38. The average molecular weight is 511 g/mol. The van der Waals surface area contributed by atoms with E-state index in [1.54, 1.807) is 14.2 Å². The Kier molecular flexibility index (Phi) is 8.88. The molecule has 0 saturated heterocycles. The highest BCUT2D eigenvalue weighted by Crippen LogP contribution is 2.35. The van der Waals surface area contributed by atoms with Crippen molar-refractivity contribution in [3.05, 3.63) is 53.1 Å². The Morgan fingerprint density at radius 1 is 1.10 bits per heavy atom. The van der Waals surface area contributed by atoms with Gasteiger partial charge in [-0.25, -0.2) is 4.99 Å². The van der Waals surface area contributed by atoms with Crippen LogP contribution in [0.5, 0.6) is 17.2 Å². The normalized spacial score (nSPS) is 15.0. The molecule has 1 aliphatic rings. The molecule has 7 heteroatoms. The molecular formula is C22H30IN3O3. The quantitative estimate of drug-likeness (QED) is 0.336. The largest absolute Gasteiger partial charge is 0.496 e. The van der Waals surface area contributed by atoms with Gasteiger partial charge in [-0.2, -0.15) is 0 Å². The third-order valence-electron chi connectivity index (χ3n) is 4.69. The van der Waals surface area contributed by atoms with Crippen molar-refractivity contribution in [2.75, 3.05) is 20.8 Å². The lowest BCUT2D eigenvalue weighted by Gasteiger charge is -2.14. The van der Waals surface area contributed by atoms with E-state index in [0.717, 1.165) is 47.3 Å². The number of halogens is 1. The number of hydrogen-bond donors (Lipinski definition) is 2. The van der Waals surface area contributed by atoms with Gasteiger partial charge in [-0.15, -0.1) is 24.0 Å². The van der Waals surface area contributed by atoms with Gasteiger partial charge in [0.25, 0.3) is 0 Å². The maximum atomic E-state index is 5.88. The zero-order valence-electron chi connectivity index (χ0n) is 17.5. The number of ether oxygens (including phenoxy) is 3. The van der Waals surface area contributed by atoms with Gasteiger partial charge in [0.1, 0.15) is 23.4 Å². The van der Waals surface area contributed by atoms with E-state index in [4.69, 9.17) is 19.2 Å². The molecule has 0 bridgehead atoms. The zero-order valence-corrected chi connectivity index (χ0v) is 19.8. The lowest BCUT2D eigenvalue weighted by Crippen LogP contribution is -2.36. The molecule has 2 N–H and O–H groups in total. The molecule has 0 amide bonds. The molecule has 2 aromatic rings. The van der Waals surface area contributed by atoms with Crippen molar-refractivity contribution >= 4 is 29.9 Å². The van der Waals surface area contributed by atoms with Crippen LogP contribution in [0.15, 0.2) is 41.4 Å². The van der Waals surface area contributed by atoms with Crippen molar-refractivity contribution < 1.29 is 14.2 Å². The van der Waals surface area contributed by atoms with Crippen LogP contribution in [0.25, 0.3) is 0 Å². The second-order valence-electron chi connectivity index (χ2n) is 6.76. The fraction of sp³-hybridized carbons (Fsp3) is 0.409. The monoisotopic (exact) mass is 511 g/mol. The second kappa shape index (κ2) is 11.1. The van der Waals surface area contributed by atoms with Crippen LogP contribution in [0.1, 0.15) is 30.5 Å². The highest BCUT2D eigenvalue weighted by Gasteiger charge is 2.21. The average Bonchev–Trinajstić information content (AvgIpc) is 3.08. The molecule has 1 unspecified atom stereocenters. The van der Waals surface area contributed by atoms with Crippen LogP contribution in [-0.4, -0.2) is 32.8 Å². The molecule has 3 rings (SSSR count). The van der Waals surface area contributed by atoms with E-state index >= 15 is 0 Å². The molecule has 0 fully saturated rings. The summed E-state index contributed by atoms with van der Waals surface area (Å²) in [5, 5.41) is 6.65. The van der Waals surface area contributed by atoms with Crippen LogP contribution < -0.4 is 24.8 Å². The van der Waals surface area contributed by atoms with Gasteiger partial charge in [0, 0.05) is 36.2 Å². The number of fused-ring (bicyclic) bond motifs is 1. The molecule has 0 spiro atoms. The van der Waals surface area contributed by atoms with Gasteiger partial charge in [-0.1, -0.05) is 18.2 Å². The fourth-order valence-electron chi connectivity index (χ4n) is 3.33. The summed E-state index contributed by atoms with van der Waals surface area (Å²) in [5.41, 5.74) is 3.27. The number of benzene rings is 2. The predicted molar refractivity (Wildman–Crippen MR) is 127 cm³/mol. The molecule has 1 aliphatic heterocycles. The summed E-state index contributed by atoms with van der Waals surface area (Å²) in [6.45, 7) is 6.02. The van der Waals surface area contributed by atoms with Crippen molar-refractivity contribution in [1.82, 2.24) is 10.6 Å². The molecule has 0 aliphatic carbocycles. The number of guanidine groups is 1. The Bertz CT molecular complexity index is 842. The molecule has 0 radical (unpaired) electrons. The molecule has 0 aromatic heterocycles. The van der Waals surface area contributed by atoms with Crippen LogP contribution >= 0.6 is 24.0 Å². The van der Waals surface area contributed by atoms with Gasteiger partial charge < -0.3 is 24.8 Å². The highest BCUT2D eigenvalue weighted by molar-refractivity contribution is 14.0. The van der Waals surface area contributed by atoms with E-state index in [-0.39, 0.29) is 30.1 Å². The lowest BCUT2D eigenvalue weighted by atomic mass is 10.1. The van der Waals surface area contributed by atoms with E-state index in [9.17, 15) is 0 Å². The Hall–Kier alpha value is -2.16. The van der Waals surface area contributed by atoms with Crippen LogP contribution in [0, 0.1) is 0 Å². The van der Waals surface area contributed by atoms with E-state index in [2.05, 4.69) is 23.6 Å². The van der Waals surface area contributed by atoms with Crippen molar-refractivity contribution in [3.63, 3.8) is 0 Å². The minimum Gasteiger partial charge on any atom is -0.496 e. The summed E-state index contributed by atoms with van der Waals surface area (Å²) >= 11 is 0. The van der Waals surface area contributed by atoms with Gasteiger partial charge in [0.15, 0.2) is 5.96 Å². The van der Waals surface area contributed by atoms with Crippen LogP contribution in [0.3, 0.4) is 0 Å². The molecule has 6 nitrogen and oxygen atoms in total. The van der Waals surface area contributed by atoms with E-state index < -0.39 is 0 Å². The number of hydrogen-bond acceptors (Lipinski definition) is 4. The molecule has 1 heterocycles. The zero-order chi connectivity index (χ0) is 19.9. The maximum absolute atomic E-state index is 5.88. The predicted octanol–water partition coefficient (Wildman–Crippen LogP) is 3.90. The SMILES string of the molecule is CCNC(=NCc1cc2c(cc1OC)CC(C)O2)NCc1ccccc1OC.I. The first-order chi connectivity index (χ1) is 13.6. The van der Waals surface area contributed by atoms with Crippen molar-refractivity contribution in [2.24, 2.45) is 4.99 Å². The van der Waals surface area contributed by atoms with E-state index in [0.29, 0.717) is 13.1 Å². The summed E-state index contributed by atoms with van der Waals surface area (Å²) in [4.78, 5) is 4.73. The van der Waals surface area contributed by atoms with Crippen LogP contribution in [0.2, 0.25) is 0 Å². The minimum absolute atomic E-state index is 0. The highest BCUT2D eigenvalue weighted by atomic mass is 127. The van der Waals surface area contributed by atoms with Crippen LogP contribution in [0.4, 0.5) is 0 Å². The topological polar surface area (TPSA) is 64.1 Å². The number of methoxy groups -OCH3 is 2. The number of para-hydroxylation sites is 1. The van der Waals surface area contributed by atoms with Gasteiger partial charge >= 0.3 is 0 Å². The minimum atomic E-state index is 0. The number of nitrogens with one attached hydrogen (secondary N) is 2. The van der Waals surface area contributed by atoms with Crippen LogP contribution in [-0.2, 0) is 19.5 Å². The van der Waals surface area contributed by atoms with E-state index in [1.165, 1.54) is 5.56 Å². The molecule has 1 atom stereocenters. The third-order valence-corrected chi connectivity index (χ3v) is 4.69. The molecule has 0 saturated carbocycles. The third kappa shape index (κ3) is 5.91. The van der Waals surface area contributed by atoms with Gasteiger partial charge in [0.05, 0.1) is 20.8 Å². The number of nitrogens with zero attached hydrogens (tertiary/aromatic N) is 1. The smallest absolute Gasteiger partial charge is 0.191 e. The Labute approximate surface area is 190 Å². The maximum Gasteiger partial charge on any atom is 0.191 e. The summed E-state index contributed by atoms with van der Waals surface area (Å²) in [5.74, 6) is 3.38. The standard InChI is InChI=1S/C22H29N3O3.HI/c1-5-23-22(24-13-16-8-6-7-9-19(16)26-3)25-14-18-12-21-17(10-15(2)28-21)11-20(18)27-4;/h6-9,11-12,15H,5,10,13-14H2,1-4H3,(H2,23,24,25);1H. The molecule has 29 heavy (non-hydrogen) atoms. The van der Waals surface area contributed by atoms with Gasteiger partial charge in [0.2, 0.25) is 0 Å². The molecular weight excluding hydrogens is 481 g/mol. The first-order valence-electron chi connectivity index (χ1n) is 9.65. The first kappa shape index (κ1) is 23.1. The Morgan fingerprint density at radius 3 is 2.59 bits per heavy atom. The van der Waals surface area contributed by atoms with Gasteiger partial charge in [-0.05, 0) is 32.0 Å². The summed E-state index contributed by atoms with van der Waals surface area (Å²) in [6, 6.07) is 12.1. The Morgan fingerprint density at radius 2 is 1.86 bits per heavy atom.